The molecule has 0 heterocycles. The lowest BCUT2D eigenvalue weighted by atomic mass is 9.80. The first kappa shape index (κ1) is 13.4. The van der Waals surface area contributed by atoms with E-state index in [0.717, 1.165) is 30.6 Å². The predicted octanol–water partition coefficient (Wildman–Crippen LogP) is 2.65. The van der Waals surface area contributed by atoms with Crippen molar-refractivity contribution in [2.45, 2.75) is 44.8 Å². The van der Waals surface area contributed by atoms with Crippen molar-refractivity contribution in [3.63, 3.8) is 0 Å². The first-order valence-corrected chi connectivity index (χ1v) is 6.82. The Balaban J connectivity index is 1.97. The highest BCUT2D eigenvalue weighted by Crippen LogP contribution is 2.32. The Bertz CT molecular complexity index is 388. The minimum atomic E-state index is -0.477. The maximum atomic E-state index is 10.1. The normalized spacial score (nSPS) is 19.1. The summed E-state index contributed by atoms with van der Waals surface area (Å²) >= 11 is 0. The molecule has 0 radical (unpaired) electrons. The summed E-state index contributed by atoms with van der Waals surface area (Å²) in [6.07, 6.45) is 2.97. The van der Waals surface area contributed by atoms with Gasteiger partial charge in [0.1, 0.15) is 5.75 Å². The van der Waals surface area contributed by atoms with Crippen LogP contribution in [0.15, 0.2) is 24.3 Å². The lowest BCUT2D eigenvalue weighted by Gasteiger charge is -2.37. The molecule has 1 aliphatic rings. The molecule has 0 amide bonds. The summed E-state index contributed by atoms with van der Waals surface area (Å²) in [5.74, 6) is 0.931. The van der Waals surface area contributed by atoms with Crippen molar-refractivity contribution in [3.8, 4) is 5.75 Å². The predicted molar refractivity (Wildman–Crippen MR) is 72.8 cm³/mol. The van der Waals surface area contributed by atoms with Gasteiger partial charge in [0.05, 0.1) is 12.2 Å². The van der Waals surface area contributed by atoms with Crippen LogP contribution >= 0.6 is 0 Å². The van der Waals surface area contributed by atoms with E-state index in [4.69, 9.17) is 4.74 Å². The Hall–Kier alpha value is -1.06. The topological polar surface area (TPSA) is 41.5 Å². The van der Waals surface area contributed by atoms with Crippen molar-refractivity contribution >= 4 is 0 Å². The Morgan fingerprint density at radius 2 is 2.11 bits per heavy atom. The Kier molecular flexibility index (Phi) is 4.25. The number of hydrogen-bond donors (Lipinski definition) is 2. The number of hydrogen-bond acceptors (Lipinski definition) is 3. The summed E-state index contributed by atoms with van der Waals surface area (Å²) in [4.78, 5) is 0. The Morgan fingerprint density at radius 3 is 2.72 bits per heavy atom. The highest BCUT2D eigenvalue weighted by Gasteiger charge is 2.34. The standard InChI is InChI=1S/C15H23NO2/c1-3-18-14-8-5-4-7-13(14)12(2)16-11-15(17)9-6-10-15/h4-5,7-8,12,16-17H,3,6,9-11H2,1-2H3. The van der Waals surface area contributed by atoms with Gasteiger partial charge in [0.15, 0.2) is 0 Å². The van der Waals surface area contributed by atoms with Gasteiger partial charge >= 0.3 is 0 Å². The molecule has 100 valence electrons. The van der Waals surface area contributed by atoms with Crippen LogP contribution in [0.5, 0.6) is 5.75 Å². The van der Waals surface area contributed by atoms with E-state index in [2.05, 4.69) is 18.3 Å². The van der Waals surface area contributed by atoms with Gasteiger partial charge in [-0.2, -0.15) is 0 Å². The molecule has 1 saturated carbocycles. The van der Waals surface area contributed by atoms with Gasteiger partial charge in [0, 0.05) is 18.2 Å². The molecule has 3 heteroatoms. The first-order chi connectivity index (χ1) is 8.64. The van der Waals surface area contributed by atoms with E-state index < -0.39 is 5.60 Å². The highest BCUT2D eigenvalue weighted by molar-refractivity contribution is 5.35. The molecule has 2 rings (SSSR count). The van der Waals surface area contributed by atoms with E-state index in [0.29, 0.717) is 13.2 Å². The molecule has 1 unspecified atom stereocenters. The molecule has 0 bridgehead atoms. The van der Waals surface area contributed by atoms with Crippen molar-refractivity contribution in [3.05, 3.63) is 29.8 Å². The number of nitrogens with one attached hydrogen (secondary N) is 1. The SMILES string of the molecule is CCOc1ccccc1C(C)NCC1(O)CCC1. The molecule has 1 aromatic rings. The molecule has 1 atom stereocenters. The van der Waals surface area contributed by atoms with Crippen LogP contribution in [0.3, 0.4) is 0 Å². The van der Waals surface area contributed by atoms with Crippen LogP contribution in [0.4, 0.5) is 0 Å². The van der Waals surface area contributed by atoms with Gasteiger partial charge in [-0.15, -0.1) is 0 Å². The number of aliphatic hydroxyl groups is 1. The molecule has 2 N–H and O–H groups in total. The number of rotatable bonds is 6. The molecular weight excluding hydrogens is 226 g/mol. The maximum absolute atomic E-state index is 10.1. The summed E-state index contributed by atoms with van der Waals surface area (Å²) in [7, 11) is 0. The van der Waals surface area contributed by atoms with Crippen molar-refractivity contribution in [2.24, 2.45) is 0 Å². The average Bonchev–Trinajstić information content (AvgIpc) is 2.35. The van der Waals surface area contributed by atoms with Crippen LogP contribution in [0.2, 0.25) is 0 Å². The fourth-order valence-corrected chi connectivity index (χ4v) is 2.34. The van der Waals surface area contributed by atoms with Crippen LogP contribution in [0.1, 0.15) is 44.7 Å². The Morgan fingerprint density at radius 1 is 1.39 bits per heavy atom. The number of benzene rings is 1. The molecule has 0 aromatic heterocycles. The van der Waals surface area contributed by atoms with Gasteiger partial charge in [-0.05, 0) is 39.2 Å². The smallest absolute Gasteiger partial charge is 0.124 e. The summed E-state index contributed by atoms with van der Waals surface area (Å²) in [6.45, 7) is 5.44. The van der Waals surface area contributed by atoms with Crippen molar-refractivity contribution in [2.75, 3.05) is 13.2 Å². The zero-order chi connectivity index (χ0) is 13.0. The lowest BCUT2D eigenvalue weighted by molar-refractivity contribution is -0.0329. The molecule has 0 aliphatic heterocycles. The van der Waals surface area contributed by atoms with Gasteiger partial charge in [-0.25, -0.2) is 0 Å². The molecule has 1 aliphatic carbocycles. The van der Waals surface area contributed by atoms with Crippen molar-refractivity contribution < 1.29 is 9.84 Å². The quantitative estimate of drug-likeness (QED) is 0.814. The fraction of sp³-hybridized carbons (Fsp3) is 0.600. The van der Waals surface area contributed by atoms with Crippen LogP contribution in [-0.4, -0.2) is 23.9 Å². The van der Waals surface area contributed by atoms with Crippen LogP contribution in [0, 0.1) is 0 Å². The molecule has 3 nitrogen and oxygen atoms in total. The van der Waals surface area contributed by atoms with Crippen LogP contribution in [0.25, 0.3) is 0 Å². The zero-order valence-corrected chi connectivity index (χ0v) is 11.3. The third kappa shape index (κ3) is 3.03. The summed E-state index contributed by atoms with van der Waals surface area (Å²) < 4.78 is 5.63. The molecule has 0 spiro atoms. The zero-order valence-electron chi connectivity index (χ0n) is 11.3. The van der Waals surface area contributed by atoms with Crippen molar-refractivity contribution in [1.29, 1.82) is 0 Å². The molecule has 18 heavy (non-hydrogen) atoms. The van der Waals surface area contributed by atoms with Gasteiger partial charge in [-0.3, -0.25) is 0 Å². The number of para-hydroxylation sites is 1. The van der Waals surface area contributed by atoms with E-state index in [9.17, 15) is 5.11 Å². The van der Waals surface area contributed by atoms with Gasteiger partial charge in [0.2, 0.25) is 0 Å². The highest BCUT2D eigenvalue weighted by atomic mass is 16.5. The van der Waals surface area contributed by atoms with Crippen molar-refractivity contribution in [1.82, 2.24) is 5.32 Å². The third-order valence-corrected chi connectivity index (χ3v) is 3.71. The van der Waals surface area contributed by atoms with E-state index >= 15 is 0 Å². The summed E-state index contributed by atoms with van der Waals surface area (Å²) in [5.41, 5.74) is 0.678. The second-order valence-corrected chi connectivity index (χ2v) is 5.15. The molecule has 1 fully saturated rings. The van der Waals surface area contributed by atoms with E-state index in [-0.39, 0.29) is 6.04 Å². The first-order valence-electron chi connectivity index (χ1n) is 6.82. The second-order valence-electron chi connectivity index (χ2n) is 5.15. The molecular formula is C15H23NO2. The monoisotopic (exact) mass is 249 g/mol. The Labute approximate surface area is 109 Å². The summed E-state index contributed by atoms with van der Waals surface area (Å²) in [6, 6.07) is 8.27. The summed E-state index contributed by atoms with van der Waals surface area (Å²) in [5, 5.41) is 13.5. The second kappa shape index (κ2) is 5.72. The number of ether oxygens (including phenoxy) is 1. The molecule has 1 aromatic carbocycles. The molecule has 0 saturated heterocycles. The average molecular weight is 249 g/mol. The fourth-order valence-electron chi connectivity index (χ4n) is 2.34. The van der Waals surface area contributed by atoms with E-state index in [1.54, 1.807) is 0 Å². The minimum Gasteiger partial charge on any atom is -0.494 e. The maximum Gasteiger partial charge on any atom is 0.124 e. The lowest BCUT2D eigenvalue weighted by Crippen LogP contribution is -2.46. The van der Waals surface area contributed by atoms with Crippen LogP contribution in [-0.2, 0) is 0 Å². The van der Waals surface area contributed by atoms with Gasteiger partial charge in [-0.1, -0.05) is 18.2 Å². The van der Waals surface area contributed by atoms with E-state index in [1.165, 1.54) is 0 Å². The minimum absolute atomic E-state index is 0.192. The largest absolute Gasteiger partial charge is 0.494 e. The third-order valence-electron chi connectivity index (χ3n) is 3.71. The van der Waals surface area contributed by atoms with Gasteiger partial charge in [0.25, 0.3) is 0 Å². The van der Waals surface area contributed by atoms with E-state index in [1.807, 2.05) is 25.1 Å². The van der Waals surface area contributed by atoms with Gasteiger partial charge < -0.3 is 15.2 Å². The van der Waals surface area contributed by atoms with Crippen LogP contribution < -0.4 is 10.1 Å².